The maximum Gasteiger partial charge on any atom is 0.193 e. The van der Waals surface area contributed by atoms with Gasteiger partial charge in [-0.15, -0.1) is 0 Å². The van der Waals surface area contributed by atoms with Gasteiger partial charge in [0.05, 0.1) is 25.0 Å². The third-order valence-electron chi connectivity index (χ3n) is 2.16. The van der Waals surface area contributed by atoms with Crippen molar-refractivity contribution in [2.75, 3.05) is 5.32 Å². The molecule has 0 amide bonds. The number of nitrogens with one attached hydrogen (secondary N) is 1. The SMILES string of the molecule is OCc1ccncc1NCc1ccc(Cl)o1. The topological polar surface area (TPSA) is 58.3 Å². The van der Waals surface area contributed by atoms with Crippen LogP contribution in [0.2, 0.25) is 5.22 Å². The number of hydrogen-bond donors (Lipinski definition) is 2. The zero-order chi connectivity index (χ0) is 11.4. The van der Waals surface area contributed by atoms with Crippen LogP contribution < -0.4 is 5.32 Å². The lowest BCUT2D eigenvalue weighted by Gasteiger charge is -2.07. The van der Waals surface area contributed by atoms with Gasteiger partial charge in [0.25, 0.3) is 0 Å². The Kier molecular flexibility index (Phi) is 3.44. The number of anilines is 1. The van der Waals surface area contributed by atoms with E-state index in [9.17, 15) is 0 Å². The van der Waals surface area contributed by atoms with Crippen LogP contribution in [0.1, 0.15) is 11.3 Å². The lowest BCUT2D eigenvalue weighted by Crippen LogP contribution is -2.02. The van der Waals surface area contributed by atoms with Crippen LogP contribution in [0.3, 0.4) is 0 Å². The Morgan fingerprint density at radius 3 is 2.94 bits per heavy atom. The Balaban J connectivity index is 2.04. The highest BCUT2D eigenvalue weighted by atomic mass is 35.5. The molecule has 4 nitrogen and oxygen atoms in total. The number of aliphatic hydroxyl groups excluding tert-OH is 1. The van der Waals surface area contributed by atoms with E-state index in [0.717, 1.165) is 17.0 Å². The molecular formula is C11H11ClN2O2. The minimum absolute atomic E-state index is 0.0240. The van der Waals surface area contributed by atoms with E-state index in [1.54, 1.807) is 30.6 Å². The summed E-state index contributed by atoms with van der Waals surface area (Å²) in [6.07, 6.45) is 3.30. The van der Waals surface area contributed by atoms with Crippen molar-refractivity contribution in [1.29, 1.82) is 0 Å². The normalized spacial score (nSPS) is 10.4. The Morgan fingerprint density at radius 1 is 1.38 bits per heavy atom. The first kappa shape index (κ1) is 11.0. The van der Waals surface area contributed by atoms with Gasteiger partial charge in [0.2, 0.25) is 0 Å². The van der Waals surface area contributed by atoms with Crippen molar-refractivity contribution in [3.63, 3.8) is 0 Å². The monoisotopic (exact) mass is 238 g/mol. The fourth-order valence-electron chi connectivity index (χ4n) is 1.35. The number of halogens is 1. The summed E-state index contributed by atoms with van der Waals surface area (Å²) in [5, 5.41) is 12.6. The second-order valence-corrected chi connectivity index (χ2v) is 3.62. The average Bonchev–Trinajstić information content (AvgIpc) is 2.73. The molecule has 0 atom stereocenters. The fourth-order valence-corrected chi connectivity index (χ4v) is 1.51. The molecule has 16 heavy (non-hydrogen) atoms. The van der Waals surface area contributed by atoms with Crippen LogP contribution >= 0.6 is 11.6 Å². The molecule has 0 saturated carbocycles. The molecule has 0 saturated heterocycles. The highest BCUT2D eigenvalue weighted by Crippen LogP contribution is 2.17. The molecule has 0 aromatic carbocycles. The lowest BCUT2D eigenvalue weighted by molar-refractivity contribution is 0.282. The van der Waals surface area contributed by atoms with Gasteiger partial charge in [-0.3, -0.25) is 4.98 Å². The van der Waals surface area contributed by atoms with E-state index in [0.29, 0.717) is 11.8 Å². The average molecular weight is 239 g/mol. The number of rotatable bonds is 4. The summed E-state index contributed by atoms with van der Waals surface area (Å²) in [7, 11) is 0. The van der Waals surface area contributed by atoms with E-state index in [1.807, 2.05) is 0 Å². The third kappa shape index (κ3) is 2.53. The first-order valence-electron chi connectivity index (χ1n) is 4.81. The summed E-state index contributed by atoms with van der Waals surface area (Å²) >= 11 is 5.65. The lowest BCUT2D eigenvalue weighted by atomic mass is 10.2. The van der Waals surface area contributed by atoms with Crippen LogP contribution in [-0.2, 0) is 13.2 Å². The van der Waals surface area contributed by atoms with Gasteiger partial charge in [-0.25, -0.2) is 0 Å². The molecular weight excluding hydrogens is 228 g/mol. The smallest absolute Gasteiger partial charge is 0.193 e. The summed E-state index contributed by atoms with van der Waals surface area (Å²) < 4.78 is 5.20. The van der Waals surface area contributed by atoms with Crippen LogP contribution in [0.4, 0.5) is 5.69 Å². The number of nitrogens with zero attached hydrogens (tertiary/aromatic N) is 1. The molecule has 2 N–H and O–H groups in total. The molecule has 0 bridgehead atoms. The van der Waals surface area contributed by atoms with Crippen molar-refractivity contribution in [3.8, 4) is 0 Å². The molecule has 2 aromatic heterocycles. The van der Waals surface area contributed by atoms with Gasteiger partial charge in [0, 0.05) is 11.8 Å². The highest BCUT2D eigenvalue weighted by molar-refractivity contribution is 6.28. The van der Waals surface area contributed by atoms with Crippen molar-refractivity contribution in [3.05, 3.63) is 47.1 Å². The van der Waals surface area contributed by atoms with Gasteiger partial charge in [-0.05, 0) is 29.8 Å². The number of furan rings is 1. The van der Waals surface area contributed by atoms with Crippen molar-refractivity contribution in [2.24, 2.45) is 0 Å². The third-order valence-corrected chi connectivity index (χ3v) is 2.37. The van der Waals surface area contributed by atoms with Gasteiger partial charge in [0.15, 0.2) is 5.22 Å². The number of aliphatic hydroxyl groups is 1. The van der Waals surface area contributed by atoms with Crippen LogP contribution in [0.15, 0.2) is 35.0 Å². The molecule has 0 radical (unpaired) electrons. The molecule has 0 aliphatic carbocycles. The first-order valence-corrected chi connectivity index (χ1v) is 5.19. The second kappa shape index (κ2) is 5.01. The molecule has 0 fully saturated rings. The maximum absolute atomic E-state index is 9.11. The molecule has 0 aliphatic rings. The number of aromatic nitrogens is 1. The van der Waals surface area contributed by atoms with Crippen molar-refractivity contribution < 1.29 is 9.52 Å². The van der Waals surface area contributed by atoms with Crippen LogP contribution in [0.25, 0.3) is 0 Å². The van der Waals surface area contributed by atoms with Crippen LogP contribution in [-0.4, -0.2) is 10.1 Å². The molecule has 2 rings (SSSR count). The summed E-state index contributed by atoms with van der Waals surface area (Å²) in [4.78, 5) is 3.98. The van der Waals surface area contributed by atoms with Gasteiger partial charge >= 0.3 is 0 Å². The Hall–Kier alpha value is -1.52. The molecule has 0 spiro atoms. The molecule has 84 valence electrons. The molecule has 0 unspecified atom stereocenters. The standard InChI is InChI=1S/C11H11ClN2O2/c12-11-2-1-9(16-11)5-14-10-6-13-4-3-8(10)7-15/h1-4,6,14-15H,5,7H2. The summed E-state index contributed by atoms with van der Waals surface area (Å²) in [6, 6.07) is 5.25. The Morgan fingerprint density at radius 2 is 2.25 bits per heavy atom. The van der Waals surface area contributed by atoms with Crippen molar-refractivity contribution in [2.45, 2.75) is 13.2 Å². The first-order chi connectivity index (χ1) is 7.79. The molecule has 5 heteroatoms. The predicted molar refractivity (Wildman–Crippen MR) is 61.2 cm³/mol. The van der Waals surface area contributed by atoms with E-state index >= 15 is 0 Å². The highest BCUT2D eigenvalue weighted by Gasteiger charge is 2.03. The van der Waals surface area contributed by atoms with Crippen LogP contribution in [0.5, 0.6) is 0 Å². The van der Waals surface area contributed by atoms with Crippen LogP contribution in [0, 0.1) is 0 Å². The van der Waals surface area contributed by atoms with E-state index < -0.39 is 0 Å². The second-order valence-electron chi connectivity index (χ2n) is 3.25. The minimum Gasteiger partial charge on any atom is -0.448 e. The zero-order valence-electron chi connectivity index (χ0n) is 8.48. The van der Waals surface area contributed by atoms with E-state index in [2.05, 4.69) is 10.3 Å². The minimum atomic E-state index is -0.0240. The van der Waals surface area contributed by atoms with E-state index in [4.69, 9.17) is 21.1 Å². The van der Waals surface area contributed by atoms with Gasteiger partial charge < -0.3 is 14.8 Å². The summed E-state index contributed by atoms with van der Waals surface area (Å²) in [5.74, 6) is 0.734. The van der Waals surface area contributed by atoms with E-state index in [1.165, 1.54) is 0 Å². The summed E-state index contributed by atoms with van der Waals surface area (Å²) in [6.45, 7) is 0.481. The van der Waals surface area contributed by atoms with Crippen molar-refractivity contribution in [1.82, 2.24) is 4.98 Å². The fraction of sp³-hybridized carbons (Fsp3) is 0.182. The Bertz CT molecular complexity index is 471. The predicted octanol–water partition coefficient (Wildman–Crippen LogP) is 2.43. The number of hydrogen-bond acceptors (Lipinski definition) is 4. The van der Waals surface area contributed by atoms with Gasteiger partial charge in [-0.2, -0.15) is 0 Å². The molecule has 2 aromatic rings. The molecule has 0 aliphatic heterocycles. The van der Waals surface area contributed by atoms with Gasteiger partial charge in [-0.1, -0.05) is 0 Å². The van der Waals surface area contributed by atoms with Gasteiger partial charge in [0.1, 0.15) is 5.76 Å². The molecule has 2 heterocycles. The Labute approximate surface area is 97.9 Å². The summed E-state index contributed by atoms with van der Waals surface area (Å²) in [5.41, 5.74) is 1.59. The van der Waals surface area contributed by atoms with Crippen molar-refractivity contribution >= 4 is 17.3 Å². The number of pyridine rings is 1. The zero-order valence-corrected chi connectivity index (χ0v) is 9.24. The maximum atomic E-state index is 9.11. The quantitative estimate of drug-likeness (QED) is 0.859. The largest absolute Gasteiger partial charge is 0.448 e. The van der Waals surface area contributed by atoms with E-state index in [-0.39, 0.29) is 6.61 Å².